The van der Waals surface area contributed by atoms with E-state index in [4.69, 9.17) is 5.41 Å². The third kappa shape index (κ3) is 2.83. The molecule has 29 heavy (non-hydrogen) atoms. The maximum absolute atomic E-state index is 14.3. The second-order valence-corrected chi connectivity index (χ2v) is 7.69. The Labute approximate surface area is 168 Å². The number of hydrogen-bond acceptors (Lipinski definition) is 4. The van der Waals surface area contributed by atoms with Crippen LogP contribution >= 0.6 is 0 Å². The zero-order valence-corrected chi connectivity index (χ0v) is 16.1. The standard InChI is InChI=1S/C23H21FN4O/c1-13-9-10-15-17(11-13)26-23(27-21(15)14-5-4-6-14)20-19(29)12-28(22(20)25)18-8-3-2-7-16(18)24/h2-3,7-11,25-27H,4-6,12H2,1H3. The number of Topliss-reactive ketones (excluding diaryl/α,β-unsaturated/α-hetero) is 1. The molecule has 0 spiro atoms. The molecule has 0 radical (unpaired) electrons. The smallest absolute Gasteiger partial charge is 0.189 e. The molecule has 5 rings (SSSR count). The van der Waals surface area contributed by atoms with E-state index in [0.717, 1.165) is 41.8 Å². The molecule has 3 N–H and O–H groups in total. The van der Waals surface area contributed by atoms with E-state index >= 15 is 0 Å². The average Bonchev–Trinajstić information content (AvgIpc) is 2.94. The highest BCUT2D eigenvalue weighted by Crippen LogP contribution is 2.39. The summed E-state index contributed by atoms with van der Waals surface area (Å²) in [5.41, 5.74) is 5.98. The van der Waals surface area contributed by atoms with Gasteiger partial charge in [0, 0.05) is 16.9 Å². The van der Waals surface area contributed by atoms with E-state index < -0.39 is 5.82 Å². The Kier molecular flexibility index (Phi) is 4.01. The van der Waals surface area contributed by atoms with Crippen molar-refractivity contribution in [2.75, 3.05) is 16.8 Å². The van der Waals surface area contributed by atoms with Crippen LogP contribution in [-0.4, -0.2) is 18.2 Å². The number of benzene rings is 2. The van der Waals surface area contributed by atoms with Crippen LogP contribution in [-0.2, 0) is 4.79 Å². The number of anilines is 2. The second kappa shape index (κ2) is 6.58. The number of carbonyl (C=O) groups excluding carboxylic acids is 1. The highest BCUT2D eigenvalue weighted by molar-refractivity contribution is 6.33. The molecule has 2 aliphatic heterocycles. The lowest BCUT2D eigenvalue weighted by molar-refractivity contribution is -0.113. The minimum absolute atomic E-state index is 0.00385. The van der Waals surface area contributed by atoms with Crippen LogP contribution in [0.25, 0.3) is 5.70 Å². The van der Waals surface area contributed by atoms with E-state index in [1.807, 2.05) is 13.0 Å². The lowest BCUT2D eigenvalue weighted by Crippen LogP contribution is -2.31. The Morgan fingerprint density at radius 2 is 1.90 bits per heavy atom. The van der Waals surface area contributed by atoms with Crippen LogP contribution in [0.15, 0.2) is 59.4 Å². The van der Waals surface area contributed by atoms with Crippen LogP contribution < -0.4 is 15.5 Å². The molecule has 6 heteroatoms. The van der Waals surface area contributed by atoms with Gasteiger partial charge >= 0.3 is 0 Å². The Morgan fingerprint density at radius 3 is 2.62 bits per heavy atom. The van der Waals surface area contributed by atoms with Gasteiger partial charge in [0.05, 0.1) is 12.2 Å². The van der Waals surface area contributed by atoms with Crippen LogP contribution in [0, 0.1) is 18.2 Å². The monoisotopic (exact) mass is 388 g/mol. The molecule has 0 unspecified atom stereocenters. The highest BCUT2D eigenvalue weighted by atomic mass is 19.1. The van der Waals surface area contributed by atoms with E-state index in [-0.39, 0.29) is 29.4 Å². The van der Waals surface area contributed by atoms with Crippen LogP contribution in [0.5, 0.6) is 0 Å². The van der Waals surface area contributed by atoms with Gasteiger partial charge < -0.3 is 15.5 Å². The number of amidine groups is 1. The van der Waals surface area contributed by atoms with E-state index in [0.29, 0.717) is 5.82 Å². The summed E-state index contributed by atoms with van der Waals surface area (Å²) in [4.78, 5) is 14.3. The third-order valence-electron chi connectivity index (χ3n) is 5.75. The molecule has 0 aromatic heterocycles. The van der Waals surface area contributed by atoms with Crippen molar-refractivity contribution in [1.29, 1.82) is 5.41 Å². The maximum atomic E-state index is 14.3. The Bertz CT molecular complexity index is 1130. The number of carbonyl (C=O) groups is 1. The van der Waals surface area contributed by atoms with Gasteiger partial charge in [-0.2, -0.15) is 0 Å². The van der Waals surface area contributed by atoms with Gasteiger partial charge in [0.1, 0.15) is 23.0 Å². The van der Waals surface area contributed by atoms with Crippen LogP contribution in [0.1, 0.15) is 30.4 Å². The van der Waals surface area contributed by atoms with Crippen molar-refractivity contribution in [2.24, 2.45) is 0 Å². The van der Waals surface area contributed by atoms with Gasteiger partial charge in [-0.25, -0.2) is 4.39 Å². The van der Waals surface area contributed by atoms with Crippen LogP contribution in [0.2, 0.25) is 0 Å². The first kappa shape index (κ1) is 17.7. The number of ketones is 1. The molecule has 2 heterocycles. The van der Waals surface area contributed by atoms with Crippen LogP contribution in [0.4, 0.5) is 15.8 Å². The molecule has 2 fully saturated rings. The van der Waals surface area contributed by atoms with Gasteiger partial charge in [0.2, 0.25) is 0 Å². The van der Waals surface area contributed by atoms with Crippen molar-refractivity contribution >= 4 is 28.7 Å². The molecule has 146 valence electrons. The number of rotatable bonds is 1. The summed E-state index contributed by atoms with van der Waals surface area (Å²) in [6, 6.07) is 12.4. The number of para-hydroxylation sites is 1. The SMILES string of the molecule is Cc1ccc2c(c1)NC(=C1C(=N)N(c3ccccc3F)CC1=O)NC2=C1CCC1. The molecule has 0 bridgehead atoms. The highest BCUT2D eigenvalue weighted by Gasteiger charge is 2.37. The van der Waals surface area contributed by atoms with E-state index in [2.05, 4.69) is 22.8 Å². The Morgan fingerprint density at radius 1 is 1.10 bits per heavy atom. The zero-order valence-electron chi connectivity index (χ0n) is 16.1. The molecule has 1 saturated carbocycles. The summed E-state index contributed by atoms with van der Waals surface area (Å²) in [7, 11) is 0. The van der Waals surface area contributed by atoms with E-state index in [9.17, 15) is 9.18 Å². The molecular formula is C23H21FN4O. The Hall–Kier alpha value is -3.41. The largest absolute Gasteiger partial charge is 0.341 e. The number of nitrogens with one attached hydrogen (secondary N) is 3. The molecule has 2 aromatic rings. The number of allylic oxidation sites excluding steroid dienone is 1. The van der Waals surface area contributed by atoms with Crippen molar-refractivity contribution in [3.05, 3.63) is 76.4 Å². The fraction of sp³-hybridized carbons (Fsp3) is 0.217. The summed E-state index contributed by atoms with van der Waals surface area (Å²) in [6.45, 7) is 1.98. The van der Waals surface area contributed by atoms with Gasteiger partial charge in [-0.15, -0.1) is 0 Å². The van der Waals surface area contributed by atoms with Crippen LogP contribution in [0.3, 0.4) is 0 Å². The number of nitrogens with zero attached hydrogens (tertiary/aromatic N) is 1. The number of fused-ring (bicyclic) bond motifs is 1. The summed E-state index contributed by atoms with van der Waals surface area (Å²) < 4.78 is 14.3. The maximum Gasteiger partial charge on any atom is 0.189 e. The minimum atomic E-state index is -0.445. The first-order valence-electron chi connectivity index (χ1n) is 9.78. The average molecular weight is 388 g/mol. The van der Waals surface area contributed by atoms with Gasteiger partial charge in [-0.3, -0.25) is 10.2 Å². The van der Waals surface area contributed by atoms with E-state index in [1.54, 1.807) is 18.2 Å². The summed E-state index contributed by atoms with van der Waals surface area (Å²) in [5, 5.41) is 15.3. The first-order chi connectivity index (χ1) is 14.0. The fourth-order valence-corrected chi connectivity index (χ4v) is 4.05. The van der Waals surface area contributed by atoms with Gasteiger partial charge in [0.15, 0.2) is 5.78 Å². The van der Waals surface area contributed by atoms with Gasteiger partial charge in [-0.1, -0.05) is 24.3 Å². The number of halogens is 1. The normalized spacial score (nSPS) is 21.0. The van der Waals surface area contributed by atoms with Crippen molar-refractivity contribution in [1.82, 2.24) is 5.32 Å². The summed E-state index contributed by atoms with van der Waals surface area (Å²) >= 11 is 0. The molecule has 0 atom stereocenters. The van der Waals surface area contributed by atoms with Crippen molar-refractivity contribution in [3.63, 3.8) is 0 Å². The lowest BCUT2D eigenvalue weighted by Gasteiger charge is -2.31. The molecule has 2 aromatic carbocycles. The van der Waals surface area contributed by atoms with Gasteiger partial charge in [-0.05, 0) is 55.5 Å². The Balaban J connectivity index is 1.60. The molecule has 5 nitrogen and oxygen atoms in total. The van der Waals surface area contributed by atoms with E-state index in [1.165, 1.54) is 16.5 Å². The molecule has 1 aliphatic carbocycles. The summed E-state index contributed by atoms with van der Waals surface area (Å²) in [6.07, 6.45) is 3.23. The molecular weight excluding hydrogens is 367 g/mol. The van der Waals surface area contributed by atoms with Gasteiger partial charge in [0.25, 0.3) is 0 Å². The predicted octanol–water partition coefficient (Wildman–Crippen LogP) is 4.32. The quantitative estimate of drug-likeness (QED) is 0.637. The van der Waals surface area contributed by atoms with Crippen molar-refractivity contribution in [3.8, 4) is 0 Å². The van der Waals surface area contributed by atoms with Crippen molar-refractivity contribution in [2.45, 2.75) is 26.2 Å². The third-order valence-corrected chi connectivity index (χ3v) is 5.75. The lowest BCUT2D eigenvalue weighted by atomic mass is 9.87. The van der Waals surface area contributed by atoms with Crippen molar-refractivity contribution < 1.29 is 9.18 Å². The predicted molar refractivity (Wildman–Crippen MR) is 112 cm³/mol. The molecule has 3 aliphatic rings. The summed E-state index contributed by atoms with van der Waals surface area (Å²) in [5.74, 6) is -0.142. The first-order valence-corrected chi connectivity index (χ1v) is 9.78. The topological polar surface area (TPSA) is 68.2 Å². The minimum Gasteiger partial charge on any atom is -0.341 e. The zero-order chi connectivity index (χ0) is 20.1. The molecule has 0 amide bonds. The molecule has 1 saturated heterocycles. The fourth-order valence-electron chi connectivity index (χ4n) is 4.05. The second-order valence-electron chi connectivity index (χ2n) is 7.69. The number of aryl methyl sites for hydroxylation is 1. The number of hydrogen-bond donors (Lipinski definition) is 3.